The van der Waals surface area contributed by atoms with Crippen LogP contribution in [-0.2, 0) is 11.3 Å². The molecule has 1 N–H and O–H groups in total. The number of halogens is 1. The van der Waals surface area contributed by atoms with Crippen LogP contribution >= 0.6 is 11.6 Å². The lowest BCUT2D eigenvalue weighted by Gasteiger charge is -2.28. The molecule has 3 rings (SSSR count). The number of aromatic amines is 1. The smallest absolute Gasteiger partial charge is 0.411 e. The molecule has 0 aliphatic carbocycles. The molecule has 1 unspecified atom stereocenters. The van der Waals surface area contributed by atoms with Crippen molar-refractivity contribution in [2.45, 2.75) is 39.0 Å². The Labute approximate surface area is 134 Å². The topological polar surface area (TPSA) is 58.2 Å². The van der Waals surface area contributed by atoms with Crippen molar-refractivity contribution < 1.29 is 9.53 Å². The molecule has 5 nitrogen and oxygen atoms in total. The van der Waals surface area contributed by atoms with E-state index in [-0.39, 0.29) is 12.1 Å². The summed E-state index contributed by atoms with van der Waals surface area (Å²) < 4.78 is 5.52. The fourth-order valence-corrected chi connectivity index (χ4v) is 2.77. The zero-order valence-electron chi connectivity index (χ0n) is 12.8. The molecule has 22 heavy (non-hydrogen) atoms. The van der Waals surface area contributed by atoms with Gasteiger partial charge in [-0.15, -0.1) is 0 Å². The quantitative estimate of drug-likeness (QED) is 0.867. The monoisotopic (exact) mass is 319 g/mol. The summed E-state index contributed by atoms with van der Waals surface area (Å²) in [5, 5.41) is 0.378. The summed E-state index contributed by atoms with van der Waals surface area (Å²) in [5.41, 5.74) is 1.59. The van der Waals surface area contributed by atoms with Crippen LogP contribution in [0.1, 0.15) is 43.8 Å². The van der Waals surface area contributed by atoms with Gasteiger partial charge < -0.3 is 9.72 Å². The fourth-order valence-electron chi connectivity index (χ4n) is 2.63. The molecule has 1 aliphatic heterocycles. The minimum absolute atomic E-state index is 0.307. The Morgan fingerprint density at radius 3 is 2.77 bits per heavy atom. The van der Waals surface area contributed by atoms with E-state index < -0.39 is 5.60 Å². The summed E-state index contributed by atoms with van der Waals surface area (Å²) in [6, 6.07) is 7.62. The standard InChI is InChI=1S/C16H18ClN3O2/c1-16(2,3)22-15(21)20-9-10-6-4-5-7-11(10)13(20)14-18-8-12(17)19-14/h4-8,13H,9H2,1-3H3,(H,18,19). The maximum Gasteiger partial charge on any atom is 0.411 e. The normalized spacial score (nSPS) is 17.5. The molecule has 1 aliphatic rings. The number of hydrogen-bond acceptors (Lipinski definition) is 3. The summed E-state index contributed by atoms with van der Waals surface area (Å²) in [5.74, 6) is 0.640. The molecule has 1 atom stereocenters. The van der Waals surface area contributed by atoms with E-state index in [2.05, 4.69) is 9.97 Å². The molecule has 116 valence electrons. The molecule has 0 saturated carbocycles. The van der Waals surface area contributed by atoms with Crippen LogP contribution in [0.5, 0.6) is 0 Å². The molecule has 1 amide bonds. The average Bonchev–Trinajstić information content (AvgIpc) is 2.99. The average molecular weight is 320 g/mol. The van der Waals surface area contributed by atoms with Gasteiger partial charge in [0.15, 0.2) is 0 Å². The third-order valence-electron chi connectivity index (χ3n) is 3.46. The minimum atomic E-state index is -0.544. The number of amides is 1. The molecule has 6 heteroatoms. The molecular formula is C16H18ClN3O2. The highest BCUT2D eigenvalue weighted by atomic mass is 35.5. The molecule has 0 bridgehead atoms. The maximum absolute atomic E-state index is 12.5. The predicted molar refractivity (Wildman–Crippen MR) is 83.7 cm³/mol. The van der Waals surface area contributed by atoms with Gasteiger partial charge in [0.05, 0.1) is 6.54 Å². The van der Waals surface area contributed by atoms with Gasteiger partial charge in [-0.25, -0.2) is 9.78 Å². The highest BCUT2D eigenvalue weighted by Crippen LogP contribution is 2.38. The van der Waals surface area contributed by atoms with E-state index >= 15 is 0 Å². The van der Waals surface area contributed by atoms with Gasteiger partial charge in [-0.05, 0) is 31.9 Å². The molecule has 2 aromatic rings. The van der Waals surface area contributed by atoms with Crippen molar-refractivity contribution in [3.8, 4) is 0 Å². The number of benzene rings is 1. The Bertz CT molecular complexity index is 705. The summed E-state index contributed by atoms with van der Waals surface area (Å²) >= 11 is 5.92. The summed E-state index contributed by atoms with van der Waals surface area (Å²) in [4.78, 5) is 21.5. The SMILES string of the molecule is CC(C)(C)OC(=O)N1Cc2ccccc2C1c1nc(Cl)c[nH]1. The first-order chi connectivity index (χ1) is 10.3. The number of imidazole rings is 1. The van der Waals surface area contributed by atoms with Crippen molar-refractivity contribution in [2.75, 3.05) is 0 Å². The van der Waals surface area contributed by atoms with Crippen LogP contribution in [0.4, 0.5) is 4.79 Å². The predicted octanol–water partition coefficient (Wildman–Crippen LogP) is 3.90. The number of ether oxygens (including phenoxy) is 1. The number of fused-ring (bicyclic) bond motifs is 1. The molecular weight excluding hydrogens is 302 g/mol. The molecule has 0 fully saturated rings. The zero-order chi connectivity index (χ0) is 15.9. The van der Waals surface area contributed by atoms with Gasteiger partial charge in [0.25, 0.3) is 0 Å². The second-order valence-electron chi connectivity index (χ2n) is 6.32. The van der Waals surface area contributed by atoms with Gasteiger partial charge in [-0.3, -0.25) is 4.90 Å². The lowest BCUT2D eigenvalue weighted by atomic mass is 10.0. The van der Waals surface area contributed by atoms with E-state index in [1.165, 1.54) is 0 Å². The van der Waals surface area contributed by atoms with E-state index in [1.54, 1.807) is 11.1 Å². The first-order valence-corrected chi connectivity index (χ1v) is 7.51. The van der Waals surface area contributed by atoms with Crippen molar-refractivity contribution in [3.63, 3.8) is 0 Å². The van der Waals surface area contributed by atoms with Gasteiger partial charge in [0, 0.05) is 6.20 Å². The Hall–Kier alpha value is -2.01. The van der Waals surface area contributed by atoms with Crippen molar-refractivity contribution in [3.05, 3.63) is 52.6 Å². The Kier molecular flexibility index (Phi) is 3.60. The second kappa shape index (κ2) is 5.32. The van der Waals surface area contributed by atoms with Crippen molar-refractivity contribution in [2.24, 2.45) is 0 Å². The van der Waals surface area contributed by atoms with Gasteiger partial charge in [-0.1, -0.05) is 35.9 Å². The van der Waals surface area contributed by atoms with Crippen LogP contribution < -0.4 is 0 Å². The lowest BCUT2D eigenvalue weighted by Crippen LogP contribution is -2.36. The van der Waals surface area contributed by atoms with Gasteiger partial charge in [-0.2, -0.15) is 0 Å². The van der Waals surface area contributed by atoms with Gasteiger partial charge >= 0.3 is 6.09 Å². The van der Waals surface area contributed by atoms with Crippen LogP contribution in [0.15, 0.2) is 30.5 Å². The highest BCUT2D eigenvalue weighted by Gasteiger charge is 2.38. The van der Waals surface area contributed by atoms with Crippen molar-refractivity contribution >= 4 is 17.7 Å². The number of carbonyl (C=O) groups is 1. The van der Waals surface area contributed by atoms with E-state index in [9.17, 15) is 4.79 Å². The first kappa shape index (κ1) is 14.9. The number of nitrogens with zero attached hydrogens (tertiary/aromatic N) is 2. The van der Waals surface area contributed by atoms with Crippen molar-refractivity contribution in [1.29, 1.82) is 0 Å². The molecule has 0 radical (unpaired) electrons. The largest absolute Gasteiger partial charge is 0.444 e. The second-order valence-corrected chi connectivity index (χ2v) is 6.71. The minimum Gasteiger partial charge on any atom is -0.444 e. The van der Waals surface area contributed by atoms with E-state index in [0.29, 0.717) is 17.5 Å². The molecule has 0 spiro atoms. The number of H-pyrrole nitrogens is 1. The Morgan fingerprint density at radius 1 is 1.41 bits per heavy atom. The number of aromatic nitrogens is 2. The number of rotatable bonds is 1. The molecule has 1 aromatic carbocycles. The fraction of sp³-hybridized carbons (Fsp3) is 0.375. The van der Waals surface area contributed by atoms with E-state index in [1.807, 2.05) is 45.0 Å². The number of nitrogens with one attached hydrogen (secondary N) is 1. The first-order valence-electron chi connectivity index (χ1n) is 7.13. The number of hydrogen-bond donors (Lipinski definition) is 1. The van der Waals surface area contributed by atoms with E-state index in [0.717, 1.165) is 11.1 Å². The Morgan fingerprint density at radius 2 is 2.14 bits per heavy atom. The molecule has 0 saturated heterocycles. The number of carbonyl (C=O) groups excluding carboxylic acids is 1. The van der Waals surface area contributed by atoms with E-state index in [4.69, 9.17) is 16.3 Å². The summed E-state index contributed by atoms with van der Waals surface area (Å²) in [7, 11) is 0. The molecule has 2 heterocycles. The van der Waals surface area contributed by atoms with Crippen LogP contribution in [-0.4, -0.2) is 26.6 Å². The highest BCUT2D eigenvalue weighted by molar-refractivity contribution is 6.29. The van der Waals surface area contributed by atoms with Crippen LogP contribution in [0.2, 0.25) is 5.15 Å². The maximum atomic E-state index is 12.5. The van der Waals surface area contributed by atoms with Crippen LogP contribution in [0.3, 0.4) is 0 Å². The van der Waals surface area contributed by atoms with Crippen LogP contribution in [0, 0.1) is 0 Å². The van der Waals surface area contributed by atoms with Gasteiger partial charge in [0.1, 0.15) is 22.6 Å². The third-order valence-corrected chi connectivity index (χ3v) is 3.65. The molecule has 1 aromatic heterocycles. The zero-order valence-corrected chi connectivity index (χ0v) is 13.5. The lowest BCUT2D eigenvalue weighted by molar-refractivity contribution is 0.0197. The Balaban J connectivity index is 1.98. The van der Waals surface area contributed by atoms with Crippen molar-refractivity contribution in [1.82, 2.24) is 14.9 Å². The van der Waals surface area contributed by atoms with Gasteiger partial charge in [0.2, 0.25) is 0 Å². The van der Waals surface area contributed by atoms with Crippen LogP contribution in [0.25, 0.3) is 0 Å². The summed E-state index contributed by atoms with van der Waals surface area (Å²) in [6.45, 7) is 6.06. The summed E-state index contributed by atoms with van der Waals surface area (Å²) in [6.07, 6.45) is 1.26. The third kappa shape index (κ3) is 2.81.